The van der Waals surface area contributed by atoms with E-state index >= 15 is 0 Å². The van der Waals surface area contributed by atoms with E-state index in [1.54, 1.807) is 19.2 Å². The molecule has 1 aromatic rings. The molecule has 0 aliphatic carbocycles. The van der Waals surface area contributed by atoms with Crippen LogP contribution in [-0.4, -0.2) is 37.5 Å². The fourth-order valence-corrected chi connectivity index (χ4v) is 3.01. The van der Waals surface area contributed by atoms with Crippen molar-refractivity contribution in [2.75, 3.05) is 14.2 Å². The van der Waals surface area contributed by atoms with Gasteiger partial charge in [0.2, 0.25) is 0 Å². The van der Waals surface area contributed by atoms with E-state index in [-0.39, 0.29) is 12.2 Å². The Morgan fingerprint density at radius 1 is 1.12 bits per heavy atom. The number of hydrogen-bond donors (Lipinski definition) is 1. The fraction of sp³-hybridized carbons (Fsp3) is 0.550. The fourth-order valence-electron chi connectivity index (χ4n) is 3.01. The van der Waals surface area contributed by atoms with Crippen molar-refractivity contribution in [1.82, 2.24) is 0 Å². The van der Waals surface area contributed by atoms with Crippen LogP contribution < -0.4 is 9.47 Å². The summed E-state index contributed by atoms with van der Waals surface area (Å²) in [6, 6.07) is 3.50. The predicted molar refractivity (Wildman–Crippen MR) is 97.2 cm³/mol. The van der Waals surface area contributed by atoms with Crippen LogP contribution in [0.5, 0.6) is 11.5 Å². The monoisotopic (exact) mass is 348 g/mol. The number of benzene rings is 1. The highest BCUT2D eigenvalue weighted by Crippen LogP contribution is 2.31. The Hall–Kier alpha value is -2.01. The quantitative estimate of drug-likeness (QED) is 0.819. The van der Waals surface area contributed by atoms with Crippen molar-refractivity contribution in [2.24, 2.45) is 0 Å². The summed E-state index contributed by atoms with van der Waals surface area (Å²) in [6.07, 6.45) is 8.23. The van der Waals surface area contributed by atoms with Gasteiger partial charge in [-0.25, -0.2) is 4.79 Å². The highest BCUT2D eigenvalue weighted by atomic mass is 16.5. The highest BCUT2D eigenvalue weighted by Gasteiger charge is 2.22. The van der Waals surface area contributed by atoms with Crippen molar-refractivity contribution in [1.29, 1.82) is 0 Å². The zero-order valence-corrected chi connectivity index (χ0v) is 15.3. The minimum atomic E-state index is -0.399. The number of aliphatic hydroxyl groups is 1. The molecule has 2 atom stereocenters. The van der Waals surface area contributed by atoms with Crippen LogP contribution in [-0.2, 0) is 4.74 Å². The molecule has 0 bridgehead atoms. The van der Waals surface area contributed by atoms with Gasteiger partial charge in [-0.05, 0) is 57.1 Å². The number of cyclic esters (lactones) is 1. The summed E-state index contributed by atoms with van der Waals surface area (Å²) in [6.45, 7) is 1.88. The first-order valence-electron chi connectivity index (χ1n) is 8.86. The summed E-state index contributed by atoms with van der Waals surface area (Å²) < 4.78 is 16.3. The Balaban J connectivity index is 2.38. The summed E-state index contributed by atoms with van der Waals surface area (Å²) in [5, 5.41) is 9.99. The lowest BCUT2D eigenvalue weighted by molar-refractivity contribution is 0.0307. The van der Waals surface area contributed by atoms with E-state index in [1.165, 1.54) is 7.11 Å². The van der Waals surface area contributed by atoms with Crippen molar-refractivity contribution in [2.45, 2.75) is 57.7 Å². The van der Waals surface area contributed by atoms with Gasteiger partial charge in [-0.15, -0.1) is 0 Å². The Labute approximate surface area is 149 Å². The van der Waals surface area contributed by atoms with Gasteiger partial charge in [-0.1, -0.05) is 12.2 Å². The second-order valence-corrected chi connectivity index (χ2v) is 6.43. The Kier molecular flexibility index (Phi) is 7.31. The molecule has 0 amide bonds. The normalized spacial score (nSPS) is 23.8. The maximum atomic E-state index is 12.7. The summed E-state index contributed by atoms with van der Waals surface area (Å²) in [5.41, 5.74) is 1.13. The molecule has 138 valence electrons. The first kappa shape index (κ1) is 19.3. The molecule has 0 spiro atoms. The molecule has 1 N–H and O–H groups in total. The van der Waals surface area contributed by atoms with Crippen LogP contribution in [0.2, 0.25) is 0 Å². The molecule has 5 nitrogen and oxygen atoms in total. The maximum Gasteiger partial charge on any atom is 0.342 e. The van der Waals surface area contributed by atoms with Crippen LogP contribution in [0.1, 0.15) is 61.4 Å². The van der Waals surface area contributed by atoms with Gasteiger partial charge in [0, 0.05) is 6.07 Å². The van der Waals surface area contributed by atoms with Gasteiger partial charge < -0.3 is 19.3 Å². The van der Waals surface area contributed by atoms with E-state index in [0.29, 0.717) is 22.6 Å². The van der Waals surface area contributed by atoms with Gasteiger partial charge >= 0.3 is 5.97 Å². The van der Waals surface area contributed by atoms with Gasteiger partial charge in [-0.3, -0.25) is 0 Å². The average Bonchev–Trinajstić information content (AvgIpc) is 2.59. The molecule has 1 heterocycles. The van der Waals surface area contributed by atoms with Crippen molar-refractivity contribution >= 4 is 12.0 Å². The van der Waals surface area contributed by atoms with Crippen LogP contribution in [0.25, 0.3) is 6.08 Å². The van der Waals surface area contributed by atoms with Crippen LogP contribution in [0.15, 0.2) is 18.2 Å². The van der Waals surface area contributed by atoms with Gasteiger partial charge in [0.1, 0.15) is 17.1 Å². The lowest BCUT2D eigenvalue weighted by atomic mass is 10.0. The molecule has 1 aliphatic heterocycles. The van der Waals surface area contributed by atoms with Crippen LogP contribution >= 0.6 is 0 Å². The van der Waals surface area contributed by atoms with Crippen LogP contribution in [0.4, 0.5) is 0 Å². The average molecular weight is 348 g/mol. The maximum absolute atomic E-state index is 12.7. The van der Waals surface area contributed by atoms with E-state index in [4.69, 9.17) is 14.2 Å². The number of esters is 1. The SMILES string of the molecule is COc1cc2c(c(OC)c1)C(=O)O[C@@H](C)CCC[C@@H](O)CCC/C=C/2. The molecule has 25 heavy (non-hydrogen) atoms. The van der Waals surface area contributed by atoms with Crippen molar-refractivity contribution in [3.63, 3.8) is 0 Å². The number of ether oxygens (including phenoxy) is 3. The summed E-state index contributed by atoms with van der Waals surface area (Å²) in [5.74, 6) is 0.667. The number of fused-ring (bicyclic) bond motifs is 1. The third-order valence-corrected chi connectivity index (χ3v) is 4.43. The van der Waals surface area contributed by atoms with Gasteiger partial charge in [0.05, 0.1) is 26.4 Å². The highest BCUT2D eigenvalue weighted by molar-refractivity contribution is 5.97. The largest absolute Gasteiger partial charge is 0.497 e. The third kappa shape index (κ3) is 5.49. The molecular formula is C20H28O5. The minimum absolute atomic E-state index is 0.216. The zero-order valence-electron chi connectivity index (χ0n) is 15.3. The lowest BCUT2D eigenvalue weighted by Crippen LogP contribution is -2.18. The topological polar surface area (TPSA) is 65.0 Å². The molecule has 0 radical (unpaired) electrons. The van der Waals surface area contributed by atoms with Gasteiger partial charge in [0.15, 0.2) is 0 Å². The van der Waals surface area contributed by atoms with Crippen molar-refractivity contribution in [3.05, 3.63) is 29.3 Å². The second kappa shape index (κ2) is 9.47. The number of carbonyl (C=O) groups excluding carboxylic acids is 1. The smallest absolute Gasteiger partial charge is 0.342 e. The Bertz CT molecular complexity index is 608. The lowest BCUT2D eigenvalue weighted by Gasteiger charge is -2.18. The van der Waals surface area contributed by atoms with Crippen LogP contribution in [0, 0.1) is 0 Å². The molecular weight excluding hydrogens is 320 g/mol. The standard InChI is InChI=1S/C20H28O5/c1-14-8-7-11-16(21)10-6-4-5-9-15-12-17(23-2)13-18(24-3)19(15)20(22)25-14/h5,9,12-14,16,21H,4,6-8,10-11H2,1-3H3/b9-5+/t14-,16-/m0/s1. The van der Waals surface area contributed by atoms with E-state index in [0.717, 1.165) is 38.5 Å². The van der Waals surface area contributed by atoms with Gasteiger partial charge in [-0.2, -0.15) is 0 Å². The summed E-state index contributed by atoms with van der Waals surface area (Å²) in [4.78, 5) is 12.7. The number of allylic oxidation sites excluding steroid dienone is 1. The van der Waals surface area contributed by atoms with Crippen LogP contribution in [0.3, 0.4) is 0 Å². The Morgan fingerprint density at radius 3 is 2.60 bits per heavy atom. The molecule has 0 saturated heterocycles. The van der Waals surface area contributed by atoms with E-state index in [1.807, 2.05) is 19.1 Å². The number of carbonyl (C=O) groups is 1. The number of rotatable bonds is 2. The van der Waals surface area contributed by atoms with E-state index in [2.05, 4.69) is 0 Å². The molecule has 1 aliphatic rings. The Morgan fingerprint density at radius 2 is 1.88 bits per heavy atom. The van der Waals surface area contributed by atoms with Crippen molar-refractivity contribution < 1.29 is 24.1 Å². The molecule has 2 rings (SSSR count). The molecule has 0 fully saturated rings. The third-order valence-electron chi connectivity index (χ3n) is 4.43. The number of aliphatic hydroxyl groups excluding tert-OH is 1. The van der Waals surface area contributed by atoms with E-state index < -0.39 is 5.97 Å². The molecule has 5 heteroatoms. The summed E-state index contributed by atoms with van der Waals surface area (Å²) in [7, 11) is 3.11. The second-order valence-electron chi connectivity index (χ2n) is 6.43. The zero-order chi connectivity index (χ0) is 18.2. The number of methoxy groups -OCH3 is 2. The minimum Gasteiger partial charge on any atom is -0.497 e. The molecule has 0 saturated carbocycles. The van der Waals surface area contributed by atoms with Crippen molar-refractivity contribution in [3.8, 4) is 11.5 Å². The first-order valence-corrected chi connectivity index (χ1v) is 8.86. The first-order chi connectivity index (χ1) is 12.0. The summed E-state index contributed by atoms with van der Waals surface area (Å²) >= 11 is 0. The van der Waals surface area contributed by atoms with Gasteiger partial charge in [0.25, 0.3) is 0 Å². The predicted octanol–water partition coefficient (Wildman–Crippen LogP) is 3.98. The molecule has 0 aromatic heterocycles. The molecule has 1 aromatic carbocycles. The number of hydrogen-bond acceptors (Lipinski definition) is 5. The molecule has 0 unspecified atom stereocenters. The van der Waals surface area contributed by atoms with E-state index in [9.17, 15) is 9.90 Å².